The molecule has 1 heterocycles. The normalized spacial score (nSPS) is 16.2. The fraction of sp³-hybridized carbons (Fsp3) is 0.250. The summed E-state index contributed by atoms with van der Waals surface area (Å²) in [5, 5.41) is 11.9. The maximum atomic E-state index is 13.8. The van der Waals surface area contributed by atoms with Gasteiger partial charge >= 0.3 is 5.97 Å². The lowest BCUT2D eigenvalue weighted by Crippen LogP contribution is -2.40. The smallest absolute Gasteiger partial charge is 0.326 e. The minimum atomic E-state index is -1.03. The number of nitrogens with one attached hydrogen (secondary N) is 1. The number of amides is 2. The van der Waals surface area contributed by atoms with Crippen LogP contribution in [0.5, 0.6) is 0 Å². The quantitative estimate of drug-likeness (QED) is 0.866. The Balaban J connectivity index is 1.84. The number of benzene rings is 2. The van der Waals surface area contributed by atoms with Crippen LogP contribution in [0.3, 0.4) is 0 Å². The zero-order chi connectivity index (χ0) is 19.6. The summed E-state index contributed by atoms with van der Waals surface area (Å²) >= 11 is 0. The molecule has 1 aliphatic heterocycles. The molecule has 7 heteroatoms. The van der Waals surface area contributed by atoms with E-state index in [4.69, 9.17) is 0 Å². The minimum absolute atomic E-state index is 0.0980. The molecule has 0 aromatic heterocycles. The van der Waals surface area contributed by atoms with Gasteiger partial charge in [-0.1, -0.05) is 18.2 Å². The molecule has 2 amide bonds. The molecule has 0 spiro atoms. The first-order chi connectivity index (χ1) is 12.9. The molecule has 1 aliphatic rings. The fourth-order valence-corrected chi connectivity index (χ4v) is 3.16. The number of hydrogen-bond donors (Lipinski definition) is 2. The van der Waals surface area contributed by atoms with Gasteiger partial charge in [-0.3, -0.25) is 9.59 Å². The van der Waals surface area contributed by atoms with Crippen LogP contribution in [0.15, 0.2) is 42.5 Å². The summed E-state index contributed by atoms with van der Waals surface area (Å²) in [7, 11) is 0. The van der Waals surface area contributed by atoms with Gasteiger partial charge in [0.15, 0.2) is 0 Å². The minimum Gasteiger partial charge on any atom is -0.480 e. The fourth-order valence-electron chi connectivity index (χ4n) is 3.16. The number of anilines is 1. The lowest BCUT2D eigenvalue weighted by atomic mass is 10.1. The summed E-state index contributed by atoms with van der Waals surface area (Å²) in [5.74, 6) is -2.69. The molecule has 1 atom stereocenters. The number of aryl methyl sites for hydroxylation is 1. The number of carboxylic acids is 1. The van der Waals surface area contributed by atoms with Crippen molar-refractivity contribution in [3.63, 3.8) is 0 Å². The molecule has 140 valence electrons. The standard InChI is InChI=1S/C20H19FN2O4/c1-12-8-9-13(19(25)23-10-4-7-17(23)20(26)27)11-16(12)22-18(24)14-5-2-3-6-15(14)21/h2-3,5-6,8-9,11,17H,4,7,10H2,1H3,(H,22,24)(H,26,27). The molecule has 0 bridgehead atoms. The van der Waals surface area contributed by atoms with E-state index in [0.717, 1.165) is 0 Å². The van der Waals surface area contributed by atoms with Crippen LogP contribution in [0, 0.1) is 12.7 Å². The zero-order valence-corrected chi connectivity index (χ0v) is 14.7. The molecule has 0 radical (unpaired) electrons. The summed E-state index contributed by atoms with van der Waals surface area (Å²) in [5.41, 5.74) is 1.25. The molecule has 2 aromatic carbocycles. The molecule has 0 aliphatic carbocycles. The van der Waals surface area contributed by atoms with E-state index in [1.807, 2.05) is 0 Å². The second kappa shape index (κ2) is 7.57. The Morgan fingerprint density at radius 2 is 1.93 bits per heavy atom. The predicted octanol–water partition coefficient (Wildman–Crippen LogP) is 3.08. The van der Waals surface area contributed by atoms with E-state index >= 15 is 0 Å². The summed E-state index contributed by atoms with van der Waals surface area (Å²) in [6, 6.07) is 9.53. The lowest BCUT2D eigenvalue weighted by Gasteiger charge is -2.22. The average molecular weight is 370 g/mol. The van der Waals surface area contributed by atoms with Crippen LogP contribution in [0.1, 0.15) is 39.1 Å². The van der Waals surface area contributed by atoms with E-state index in [9.17, 15) is 23.9 Å². The van der Waals surface area contributed by atoms with Crippen molar-refractivity contribution in [3.05, 3.63) is 65.0 Å². The number of hydrogen-bond acceptors (Lipinski definition) is 3. The van der Waals surface area contributed by atoms with Crippen molar-refractivity contribution >= 4 is 23.5 Å². The molecule has 2 aromatic rings. The largest absolute Gasteiger partial charge is 0.480 e. The topological polar surface area (TPSA) is 86.7 Å². The third-order valence-electron chi connectivity index (χ3n) is 4.65. The molecule has 2 N–H and O–H groups in total. The van der Waals surface area contributed by atoms with Gasteiger partial charge in [-0.15, -0.1) is 0 Å². The molecule has 1 fully saturated rings. The highest BCUT2D eigenvalue weighted by Gasteiger charge is 2.34. The van der Waals surface area contributed by atoms with Gasteiger partial charge in [-0.05, 0) is 49.6 Å². The third kappa shape index (κ3) is 3.81. The first kappa shape index (κ1) is 18.6. The number of halogens is 1. The van der Waals surface area contributed by atoms with E-state index in [1.165, 1.54) is 29.2 Å². The maximum absolute atomic E-state index is 13.8. The van der Waals surface area contributed by atoms with Crippen molar-refractivity contribution in [2.75, 3.05) is 11.9 Å². The molecule has 1 saturated heterocycles. The van der Waals surface area contributed by atoms with E-state index in [1.54, 1.807) is 25.1 Å². The second-order valence-electron chi connectivity index (χ2n) is 6.46. The number of nitrogens with zero attached hydrogens (tertiary/aromatic N) is 1. The molecule has 0 saturated carbocycles. The van der Waals surface area contributed by atoms with Crippen molar-refractivity contribution in [3.8, 4) is 0 Å². The Kier molecular flexibility index (Phi) is 5.21. The number of rotatable bonds is 4. The van der Waals surface area contributed by atoms with E-state index in [2.05, 4.69) is 5.32 Å². The summed E-state index contributed by atoms with van der Waals surface area (Å²) in [6.07, 6.45) is 1.05. The Hall–Kier alpha value is -3.22. The van der Waals surface area contributed by atoms with Crippen LogP contribution in [0.4, 0.5) is 10.1 Å². The highest BCUT2D eigenvalue weighted by Crippen LogP contribution is 2.24. The van der Waals surface area contributed by atoms with Gasteiger partial charge in [-0.25, -0.2) is 9.18 Å². The predicted molar refractivity (Wildman–Crippen MR) is 97.2 cm³/mol. The molecular formula is C20H19FN2O4. The van der Waals surface area contributed by atoms with E-state index in [0.29, 0.717) is 30.6 Å². The maximum Gasteiger partial charge on any atom is 0.326 e. The monoisotopic (exact) mass is 370 g/mol. The zero-order valence-electron chi connectivity index (χ0n) is 14.7. The highest BCUT2D eigenvalue weighted by molar-refractivity contribution is 6.06. The molecule has 6 nitrogen and oxygen atoms in total. The summed E-state index contributed by atoms with van der Waals surface area (Å²) in [4.78, 5) is 37.7. The summed E-state index contributed by atoms with van der Waals surface area (Å²) < 4.78 is 13.8. The van der Waals surface area contributed by atoms with Crippen molar-refractivity contribution in [2.45, 2.75) is 25.8 Å². The lowest BCUT2D eigenvalue weighted by molar-refractivity contribution is -0.141. The first-order valence-corrected chi connectivity index (χ1v) is 8.59. The Bertz CT molecular complexity index is 913. The number of aliphatic carboxylic acids is 1. The third-order valence-corrected chi connectivity index (χ3v) is 4.65. The van der Waals surface area contributed by atoms with Crippen molar-refractivity contribution in [1.29, 1.82) is 0 Å². The number of carboxylic acid groups (broad SMARTS) is 1. The van der Waals surface area contributed by atoms with Crippen LogP contribution in [0.2, 0.25) is 0 Å². The first-order valence-electron chi connectivity index (χ1n) is 8.59. The number of carbonyl (C=O) groups excluding carboxylic acids is 2. The Morgan fingerprint density at radius 1 is 1.19 bits per heavy atom. The van der Waals surface area contributed by atoms with E-state index < -0.39 is 29.6 Å². The van der Waals surface area contributed by atoms with Crippen molar-refractivity contribution in [1.82, 2.24) is 4.90 Å². The van der Waals surface area contributed by atoms with Gasteiger partial charge in [0.05, 0.1) is 5.56 Å². The average Bonchev–Trinajstić information content (AvgIpc) is 3.13. The van der Waals surface area contributed by atoms with Crippen molar-refractivity contribution < 1.29 is 23.9 Å². The van der Waals surface area contributed by atoms with Gasteiger partial charge in [0.1, 0.15) is 11.9 Å². The molecule has 27 heavy (non-hydrogen) atoms. The summed E-state index contributed by atoms with van der Waals surface area (Å²) in [6.45, 7) is 2.13. The van der Waals surface area contributed by atoms with Gasteiger partial charge < -0.3 is 15.3 Å². The Labute approximate surface area is 155 Å². The van der Waals surface area contributed by atoms with Crippen LogP contribution >= 0.6 is 0 Å². The van der Waals surface area contributed by atoms with Gasteiger partial charge in [0.25, 0.3) is 11.8 Å². The number of carbonyl (C=O) groups is 3. The van der Waals surface area contributed by atoms with Gasteiger partial charge in [-0.2, -0.15) is 0 Å². The second-order valence-corrected chi connectivity index (χ2v) is 6.46. The SMILES string of the molecule is Cc1ccc(C(=O)N2CCCC2C(=O)O)cc1NC(=O)c1ccccc1F. The van der Waals surface area contributed by atoms with Gasteiger partial charge in [0, 0.05) is 17.8 Å². The molecular weight excluding hydrogens is 351 g/mol. The van der Waals surface area contributed by atoms with Crippen LogP contribution < -0.4 is 5.32 Å². The number of likely N-dealkylation sites (tertiary alicyclic amines) is 1. The highest BCUT2D eigenvalue weighted by atomic mass is 19.1. The van der Waals surface area contributed by atoms with Crippen LogP contribution in [0.25, 0.3) is 0 Å². The van der Waals surface area contributed by atoms with Gasteiger partial charge in [0.2, 0.25) is 0 Å². The van der Waals surface area contributed by atoms with Crippen LogP contribution in [-0.4, -0.2) is 40.4 Å². The van der Waals surface area contributed by atoms with E-state index in [-0.39, 0.29) is 11.1 Å². The molecule has 1 unspecified atom stereocenters. The Morgan fingerprint density at radius 3 is 2.63 bits per heavy atom. The van der Waals surface area contributed by atoms with Crippen LogP contribution in [-0.2, 0) is 4.79 Å². The van der Waals surface area contributed by atoms with Crippen molar-refractivity contribution in [2.24, 2.45) is 0 Å². The molecule has 3 rings (SSSR count).